The van der Waals surface area contributed by atoms with E-state index in [4.69, 9.17) is 4.74 Å². The Hall–Kier alpha value is -1.58. The average molecular weight is 253 g/mol. The number of ether oxygens (including phenoxy) is 1. The first-order valence-corrected chi connectivity index (χ1v) is 5.90. The van der Waals surface area contributed by atoms with E-state index in [-0.39, 0.29) is 17.0 Å². The van der Waals surface area contributed by atoms with Crippen molar-refractivity contribution in [3.05, 3.63) is 29.6 Å². The molecule has 0 fully saturated rings. The molecule has 1 atom stereocenters. The quantitative estimate of drug-likeness (QED) is 0.899. The van der Waals surface area contributed by atoms with Crippen LogP contribution in [0.15, 0.2) is 18.2 Å². The molecule has 1 rings (SSSR count). The highest BCUT2D eigenvalue weighted by Gasteiger charge is 2.23. The fourth-order valence-electron chi connectivity index (χ4n) is 1.30. The molecule has 0 spiro atoms. The standard InChI is InChI=1S/C14H20FNO2/c1-9(14(2,3)4)16-13(17)11-7-6-10(18-5)8-12(11)15/h6-9H,1-5H3,(H,16,17). The molecule has 18 heavy (non-hydrogen) atoms. The van der Waals surface area contributed by atoms with E-state index in [9.17, 15) is 9.18 Å². The summed E-state index contributed by atoms with van der Waals surface area (Å²) >= 11 is 0. The van der Waals surface area contributed by atoms with E-state index in [2.05, 4.69) is 5.32 Å². The zero-order valence-corrected chi connectivity index (χ0v) is 11.5. The number of rotatable bonds is 3. The van der Waals surface area contributed by atoms with Gasteiger partial charge in [0.15, 0.2) is 0 Å². The van der Waals surface area contributed by atoms with Crippen molar-refractivity contribution in [3.8, 4) is 5.75 Å². The highest BCUT2D eigenvalue weighted by molar-refractivity contribution is 5.94. The monoisotopic (exact) mass is 253 g/mol. The second-order valence-electron chi connectivity index (χ2n) is 5.41. The summed E-state index contributed by atoms with van der Waals surface area (Å²) in [6.45, 7) is 7.95. The zero-order chi connectivity index (χ0) is 13.9. The Kier molecular flexibility index (Phi) is 4.33. The van der Waals surface area contributed by atoms with E-state index < -0.39 is 11.7 Å². The molecular formula is C14H20FNO2. The van der Waals surface area contributed by atoms with Crippen LogP contribution in [0.2, 0.25) is 0 Å². The third kappa shape index (κ3) is 3.45. The topological polar surface area (TPSA) is 38.3 Å². The minimum Gasteiger partial charge on any atom is -0.497 e. The molecule has 0 aliphatic heterocycles. The number of carbonyl (C=O) groups excluding carboxylic acids is 1. The second-order valence-corrected chi connectivity index (χ2v) is 5.41. The van der Waals surface area contributed by atoms with Crippen LogP contribution in [0.5, 0.6) is 5.75 Å². The Morgan fingerprint density at radius 3 is 2.44 bits per heavy atom. The molecule has 0 aliphatic rings. The number of methoxy groups -OCH3 is 1. The van der Waals surface area contributed by atoms with Crippen LogP contribution in [0, 0.1) is 11.2 Å². The van der Waals surface area contributed by atoms with Crippen molar-refractivity contribution in [3.63, 3.8) is 0 Å². The SMILES string of the molecule is COc1ccc(C(=O)NC(C)C(C)(C)C)c(F)c1. The van der Waals surface area contributed by atoms with E-state index in [0.29, 0.717) is 5.75 Å². The van der Waals surface area contributed by atoms with Gasteiger partial charge >= 0.3 is 0 Å². The zero-order valence-electron chi connectivity index (χ0n) is 11.5. The van der Waals surface area contributed by atoms with E-state index in [1.807, 2.05) is 27.7 Å². The van der Waals surface area contributed by atoms with Crippen molar-refractivity contribution in [2.75, 3.05) is 7.11 Å². The summed E-state index contributed by atoms with van der Waals surface area (Å²) in [7, 11) is 1.45. The molecule has 0 aromatic heterocycles. The van der Waals surface area contributed by atoms with Gasteiger partial charge in [-0.3, -0.25) is 4.79 Å². The minimum atomic E-state index is -0.576. The van der Waals surface area contributed by atoms with Crippen molar-refractivity contribution in [1.82, 2.24) is 5.32 Å². The van der Waals surface area contributed by atoms with Crippen LogP contribution in [-0.4, -0.2) is 19.1 Å². The molecular weight excluding hydrogens is 233 g/mol. The number of amides is 1. The molecule has 0 saturated carbocycles. The Morgan fingerprint density at radius 1 is 1.39 bits per heavy atom. The van der Waals surface area contributed by atoms with Crippen LogP contribution < -0.4 is 10.1 Å². The molecule has 0 saturated heterocycles. The van der Waals surface area contributed by atoms with Gasteiger partial charge in [0.1, 0.15) is 11.6 Å². The molecule has 0 bridgehead atoms. The third-order valence-corrected chi connectivity index (χ3v) is 3.07. The van der Waals surface area contributed by atoms with Gasteiger partial charge in [0.05, 0.1) is 12.7 Å². The van der Waals surface area contributed by atoms with E-state index in [0.717, 1.165) is 0 Å². The average Bonchev–Trinajstić information content (AvgIpc) is 2.27. The largest absolute Gasteiger partial charge is 0.497 e. The van der Waals surface area contributed by atoms with Crippen molar-refractivity contribution in [2.45, 2.75) is 33.7 Å². The Balaban J connectivity index is 2.85. The first kappa shape index (κ1) is 14.5. The van der Waals surface area contributed by atoms with Gasteiger partial charge in [-0.2, -0.15) is 0 Å². The number of hydrogen-bond acceptors (Lipinski definition) is 2. The van der Waals surface area contributed by atoms with E-state index in [1.54, 1.807) is 6.07 Å². The normalized spacial score (nSPS) is 13.0. The minimum absolute atomic E-state index is 0.0342. The van der Waals surface area contributed by atoms with Crippen molar-refractivity contribution >= 4 is 5.91 Å². The maximum Gasteiger partial charge on any atom is 0.254 e. The lowest BCUT2D eigenvalue weighted by molar-refractivity contribution is 0.0906. The molecule has 0 heterocycles. The highest BCUT2D eigenvalue weighted by Crippen LogP contribution is 2.20. The summed E-state index contributed by atoms with van der Waals surface area (Å²) in [5.41, 5.74) is -0.0367. The Labute approximate surface area is 107 Å². The number of benzene rings is 1. The summed E-state index contributed by atoms with van der Waals surface area (Å²) in [6, 6.07) is 4.15. The smallest absolute Gasteiger partial charge is 0.254 e. The van der Waals surface area contributed by atoms with E-state index in [1.165, 1.54) is 19.2 Å². The molecule has 4 heteroatoms. The van der Waals surface area contributed by atoms with Crippen molar-refractivity contribution in [2.24, 2.45) is 5.41 Å². The number of halogens is 1. The van der Waals surface area contributed by atoms with Gasteiger partial charge in [-0.25, -0.2) is 4.39 Å². The molecule has 1 amide bonds. The van der Waals surface area contributed by atoms with Gasteiger partial charge < -0.3 is 10.1 Å². The third-order valence-electron chi connectivity index (χ3n) is 3.07. The molecule has 0 radical (unpaired) electrons. The summed E-state index contributed by atoms with van der Waals surface area (Å²) < 4.78 is 18.6. The molecule has 1 aromatic carbocycles. The van der Waals surface area contributed by atoms with Crippen LogP contribution in [0.3, 0.4) is 0 Å². The summed E-state index contributed by atoms with van der Waals surface area (Å²) in [4.78, 5) is 11.9. The first-order valence-electron chi connectivity index (χ1n) is 5.90. The van der Waals surface area contributed by atoms with Gasteiger partial charge in [0.2, 0.25) is 0 Å². The number of nitrogens with one attached hydrogen (secondary N) is 1. The number of carbonyl (C=O) groups is 1. The van der Waals surface area contributed by atoms with Crippen LogP contribution >= 0.6 is 0 Å². The molecule has 100 valence electrons. The maximum absolute atomic E-state index is 13.7. The van der Waals surface area contributed by atoms with Gasteiger partial charge in [-0.1, -0.05) is 20.8 Å². The molecule has 3 nitrogen and oxygen atoms in total. The van der Waals surface area contributed by atoms with E-state index >= 15 is 0 Å². The van der Waals surface area contributed by atoms with Crippen molar-refractivity contribution < 1.29 is 13.9 Å². The summed E-state index contributed by atoms with van der Waals surface area (Å²) in [6.07, 6.45) is 0. The lowest BCUT2D eigenvalue weighted by Crippen LogP contribution is -2.41. The van der Waals surface area contributed by atoms with Gasteiger partial charge in [-0.05, 0) is 24.5 Å². The summed E-state index contributed by atoms with van der Waals surface area (Å²) in [5, 5.41) is 2.79. The lowest BCUT2D eigenvalue weighted by Gasteiger charge is -2.28. The van der Waals surface area contributed by atoms with Crippen LogP contribution in [-0.2, 0) is 0 Å². The molecule has 0 aliphatic carbocycles. The lowest BCUT2D eigenvalue weighted by atomic mass is 9.88. The molecule has 1 N–H and O–H groups in total. The Bertz CT molecular complexity index is 438. The fourth-order valence-corrected chi connectivity index (χ4v) is 1.30. The van der Waals surface area contributed by atoms with Gasteiger partial charge in [0, 0.05) is 12.1 Å². The predicted molar refractivity (Wildman–Crippen MR) is 69.3 cm³/mol. The Morgan fingerprint density at radius 2 is 2.00 bits per heavy atom. The maximum atomic E-state index is 13.7. The summed E-state index contributed by atoms with van der Waals surface area (Å²) in [5.74, 6) is -0.585. The van der Waals surface area contributed by atoms with Crippen LogP contribution in [0.25, 0.3) is 0 Å². The second kappa shape index (κ2) is 5.38. The first-order chi connectivity index (χ1) is 8.25. The van der Waals surface area contributed by atoms with Crippen LogP contribution in [0.4, 0.5) is 4.39 Å². The van der Waals surface area contributed by atoms with Crippen LogP contribution in [0.1, 0.15) is 38.1 Å². The molecule has 1 unspecified atom stereocenters. The van der Waals surface area contributed by atoms with Crippen molar-refractivity contribution in [1.29, 1.82) is 0 Å². The highest BCUT2D eigenvalue weighted by atomic mass is 19.1. The molecule has 1 aromatic rings. The van der Waals surface area contributed by atoms with Gasteiger partial charge in [-0.15, -0.1) is 0 Å². The number of hydrogen-bond donors (Lipinski definition) is 1. The predicted octanol–water partition coefficient (Wildman–Crippen LogP) is 3.00. The fraction of sp³-hybridized carbons (Fsp3) is 0.500. The van der Waals surface area contributed by atoms with Gasteiger partial charge in [0.25, 0.3) is 5.91 Å².